The molecule has 0 spiro atoms. The number of fused-ring (bicyclic) bond motifs is 7. The number of para-hydroxylation sites is 6. The summed E-state index contributed by atoms with van der Waals surface area (Å²) in [6.07, 6.45) is 6.33. The zero-order valence-corrected chi connectivity index (χ0v) is 39.5. The van der Waals surface area contributed by atoms with Crippen LogP contribution >= 0.6 is 0 Å². The molecule has 12 heteroatoms. The van der Waals surface area contributed by atoms with E-state index in [0.717, 1.165) is 89.7 Å². The maximum Gasteiger partial charge on any atom is 0.178 e. The number of anilines is 6. The molecule has 74 heavy (non-hydrogen) atoms. The third-order valence-electron chi connectivity index (χ3n) is 13.7. The fraction of sp³-hybridized carbons (Fsp3) is 0. The second-order valence-electron chi connectivity index (χ2n) is 17.9. The summed E-state index contributed by atoms with van der Waals surface area (Å²) in [6.45, 7) is 0. The maximum absolute atomic E-state index is 5.26. The predicted octanol–water partition coefficient (Wildman–Crippen LogP) is 14.5. The number of hydrogen-bond donors (Lipinski definition) is 0. The van der Waals surface area contributed by atoms with Crippen LogP contribution in [0.25, 0.3) is 88.5 Å². The van der Waals surface area contributed by atoms with E-state index in [4.69, 9.17) is 9.97 Å². The molecule has 9 aromatic carbocycles. The summed E-state index contributed by atoms with van der Waals surface area (Å²) in [5, 5.41) is 22.2. The summed E-state index contributed by atoms with van der Waals surface area (Å²) >= 11 is 0. The topological polar surface area (TPSA) is 119 Å². The molecule has 0 saturated carbocycles. The molecular formula is C62H40N12. The second kappa shape index (κ2) is 17.7. The molecule has 0 bridgehead atoms. The lowest BCUT2D eigenvalue weighted by molar-refractivity contribution is 0.951. The predicted molar refractivity (Wildman–Crippen MR) is 295 cm³/mol. The normalized spacial score (nSPS) is 11.5. The molecule has 0 amide bonds. The van der Waals surface area contributed by atoms with Gasteiger partial charge in [0.25, 0.3) is 0 Å². The van der Waals surface area contributed by atoms with Gasteiger partial charge in [-0.2, -0.15) is 0 Å². The van der Waals surface area contributed by atoms with Gasteiger partial charge in [0.15, 0.2) is 11.6 Å². The van der Waals surface area contributed by atoms with Crippen LogP contribution in [0, 0.1) is 0 Å². The van der Waals surface area contributed by atoms with Gasteiger partial charge in [-0.15, -0.1) is 20.4 Å². The summed E-state index contributed by atoms with van der Waals surface area (Å²) in [5.41, 5.74) is 15.2. The Morgan fingerprint density at radius 3 is 0.946 bits per heavy atom. The van der Waals surface area contributed by atoms with E-state index in [0.29, 0.717) is 11.6 Å². The van der Waals surface area contributed by atoms with Gasteiger partial charge in [0.05, 0.1) is 56.9 Å². The van der Waals surface area contributed by atoms with Crippen LogP contribution in [0.15, 0.2) is 243 Å². The molecular weight excluding hydrogens is 913 g/mol. The standard InChI is InChI=1S/C62H40N12/c1-7-17-55-49(11-1)50-12-2-8-18-56(50)73(55)47-33-29-45(30-34-47)71(59-37-63-39-65-69-59)43-25-21-41(22-26-43)61-62(68-54-16-6-5-15-53(54)67-61)42-23-27-44(28-24-42)72(60-38-64-40-66-70-60)46-31-35-48(36-32-46)74-57-19-9-3-13-51(57)52-14-4-10-20-58(52)74/h1-40H. The highest BCUT2D eigenvalue weighted by Crippen LogP contribution is 2.41. The highest BCUT2D eigenvalue weighted by Gasteiger charge is 2.21. The summed E-state index contributed by atoms with van der Waals surface area (Å²) in [5.74, 6) is 1.17. The summed E-state index contributed by atoms with van der Waals surface area (Å²) in [4.78, 5) is 23.3. The monoisotopic (exact) mass is 952 g/mol. The minimum Gasteiger partial charge on any atom is -0.309 e. The first-order valence-corrected chi connectivity index (χ1v) is 24.2. The quantitative estimate of drug-likeness (QED) is 0.131. The number of nitrogens with zero attached hydrogens (tertiary/aromatic N) is 12. The van der Waals surface area contributed by atoms with Crippen molar-refractivity contribution in [3.63, 3.8) is 0 Å². The lowest BCUT2D eigenvalue weighted by atomic mass is 10.0. The number of rotatable bonds is 10. The Kier molecular flexibility index (Phi) is 10.2. The molecule has 0 unspecified atom stereocenters. The number of benzene rings is 9. The zero-order valence-electron chi connectivity index (χ0n) is 39.5. The van der Waals surface area contributed by atoms with Crippen LogP contribution in [0.4, 0.5) is 34.4 Å². The fourth-order valence-corrected chi connectivity index (χ4v) is 10.4. The van der Waals surface area contributed by atoms with Crippen molar-refractivity contribution >= 4 is 89.0 Å². The van der Waals surface area contributed by atoms with E-state index >= 15 is 0 Å². The van der Waals surface area contributed by atoms with Crippen molar-refractivity contribution in [2.24, 2.45) is 0 Å². The number of aromatic nitrogens is 10. The summed E-state index contributed by atoms with van der Waals surface area (Å²) < 4.78 is 4.62. The van der Waals surface area contributed by atoms with E-state index in [1.165, 1.54) is 34.2 Å². The van der Waals surface area contributed by atoms with Gasteiger partial charge < -0.3 is 9.13 Å². The third kappa shape index (κ3) is 7.24. The third-order valence-corrected chi connectivity index (χ3v) is 13.7. The van der Waals surface area contributed by atoms with E-state index in [9.17, 15) is 0 Å². The average molecular weight is 953 g/mol. The smallest absolute Gasteiger partial charge is 0.178 e. The highest BCUT2D eigenvalue weighted by molar-refractivity contribution is 6.10. The van der Waals surface area contributed by atoms with E-state index in [-0.39, 0.29) is 0 Å². The lowest BCUT2D eigenvalue weighted by Crippen LogP contribution is -2.12. The number of hydrogen-bond acceptors (Lipinski definition) is 10. The first kappa shape index (κ1) is 42.4. The lowest BCUT2D eigenvalue weighted by Gasteiger charge is -2.24. The van der Waals surface area contributed by atoms with E-state index in [1.54, 1.807) is 12.4 Å². The van der Waals surface area contributed by atoms with E-state index < -0.39 is 0 Å². The van der Waals surface area contributed by atoms with Crippen molar-refractivity contribution in [1.29, 1.82) is 0 Å². The molecule has 14 aromatic rings. The van der Waals surface area contributed by atoms with Crippen LogP contribution in [-0.4, -0.2) is 49.5 Å². The van der Waals surface area contributed by atoms with Gasteiger partial charge in [-0.1, -0.05) is 109 Å². The van der Waals surface area contributed by atoms with Crippen LogP contribution in [0.2, 0.25) is 0 Å². The largest absolute Gasteiger partial charge is 0.309 e. The van der Waals surface area contributed by atoms with Crippen molar-refractivity contribution in [3.05, 3.63) is 243 Å². The Morgan fingerprint density at radius 1 is 0.311 bits per heavy atom. The molecule has 0 aliphatic rings. The van der Waals surface area contributed by atoms with E-state index in [2.05, 4.69) is 243 Å². The Bertz CT molecular complexity index is 3960. The molecule has 12 nitrogen and oxygen atoms in total. The molecule has 348 valence electrons. The van der Waals surface area contributed by atoms with Crippen LogP contribution in [0.1, 0.15) is 0 Å². The molecule has 0 atom stereocenters. The molecule has 0 aliphatic carbocycles. The van der Waals surface area contributed by atoms with Crippen LogP contribution in [0.5, 0.6) is 0 Å². The van der Waals surface area contributed by atoms with Gasteiger partial charge in [0, 0.05) is 66.8 Å². The van der Waals surface area contributed by atoms with Crippen LogP contribution in [0.3, 0.4) is 0 Å². The minimum atomic E-state index is 0.585. The van der Waals surface area contributed by atoms with Gasteiger partial charge in [-0.3, -0.25) is 9.80 Å². The maximum atomic E-state index is 5.26. The Hall–Kier alpha value is -10.5. The van der Waals surface area contributed by atoms with Gasteiger partial charge in [0.2, 0.25) is 0 Å². The van der Waals surface area contributed by atoms with Crippen molar-refractivity contribution in [3.8, 4) is 33.9 Å². The molecule has 0 aliphatic heterocycles. The van der Waals surface area contributed by atoms with Crippen molar-refractivity contribution in [2.75, 3.05) is 9.80 Å². The van der Waals surface area contributed by atoms with Crippen LogP contribution < -0.4 is 9.80 Å². The van der Waals surface area contributed by atoms with Crippen molar-refractivity contribution in [1.82, 2.24) is 49.5 Å². The first-order chi connectivity index (χ1) is 36.7. The zero-order chi connectivity index (χ0) is 49.0. The molecule has 0 radical (unpaired) electrons. The average Bonchev–Trinajstić information content (AvgIpc) is 4.00. The molecule has 5 heterocycles. The summed E-state index contributed by atoms with van der Waals surface area (Å²) in [6, 6.07) is 75.8. The van der Waals surface area contributed by atoms with Gasteiger partial charge in [-0.05, 0) is 109 Å². The SMILES string of the molecule is c1ccc2nc(-c3ccc(N(c4ccc(-n5c6ccccc6c6ccccc65)cc4)c4cncnn4)cc3)c(-c3ccc(N(c4ccc(-n5c6ccccc6c6ccccc65)cc4)c4cncnn4)cc3)nc2c1. The Morgan fingerprint density at radius 2 is 0.622 bits per heavy atom. The highest BCUT2D eigenvalue weighted by atomic mass is 15.3. The molecule has 0 N–H and O–H groups in total. The van der Waals surface area contributed by atoms with Crippen molar-refractivity contribution < 1.29 is 0 Å². The first-order valence-electron chi connectivity index (χ1n) is 24.2. The van der Waals surface area contributed by atoms with Gasteiger partial charge in [-0.25, -0.2) is 19.9 Å². The Balaban J connectivity index is 0.812. The van der Waals surface area contributed by atoms with Gasteiger partial charge >= 0.3 is 0 Å². The molecule has 0 fully saturated rings. The second-order valence-corrected chi connectivity index (χ2v) is 17.9. The molecule has 0 saturated heterocycles. The summed E-state index contributed by atoms with van der Waals surface area (Å²) in [7, 11) is 0. The molecule has 5 aromatic heterocycles. The van der Waals surface area contributed by atoms with Crippen LogP contribution in [-0.2, 0) is 0 Å². The minimum absolute atomic E-state index is 0.585. The van der Waals surface area contributed by atoms with E-state index in [1.807, 2.05) is 24.3 Å². The molecule has 14 rings (SSSR count). The van der Waals surface area contributed by atoms with Crippen molar-refractivity contribution in [2.45, 2.75) is 0 Å². The fourth-order valence-electron chi connectivity index (χ4n) is 10.4. The van der Waals surface area contributed by atoms with Gasteiger partial charge in [0.1, 0.15) is 12.7 Å². The Labute approximate surface area is 423 Å².